The number of esters is 1. The molecule has 1 N–H and O–H groups in total. The Morgan fingerprint density at radius 1 is 0.860 bits per heavy atom. The Balaban J connectivity index is 1.49. The lowest BCUT2D eigenvalue weighted by Gasteiger charge is -2.38. The predicted molar refractivity (Wildman–Crippen MR) is 162 cm³/mol. The molecule has 0 radical (unpaired) electrons. The molecule has 1 amide bonds. The van der Waals surface area contributed by atoms with Crippen LogP contribution in [-0.2, 0) is 15.0 Å². The van der Waals surface area contributed by atoms with Gasteiger partial charge in [-0.2, -0.15) is 0 Å². The van der Waals surface area contributed by atoms with Gasteiger partial charge in [0.15, 0.2) is 11.6 Å². The van der Waals surface area contributed by atoms with Gasteiger partial charge in [0.05, 0.1) is 17.0 Å². The van der Waals surface area contributed by atoms with Gasteiger partial charge < -0.3 is 15.0 Å². The van der Waals surface area contributed by atoms with Gasteiger partial charge in [0.1, 0.15) is 17.2 Å². The van der Waals surface area contributed by atoms with Gasteiger partial charge in [0, 0.05) is 29.9 Å². The number of carbonyl (C=O) groups is 4. The van der Waals surface area contributed by atoms with Crippen molar-refractivity contribution in [3.63, 3.8) is 0 Å². The summed E-state index contributed by atoms with van der Waals surface area (Å²) in [4.78, 5) is 57.3. The van der Waals surface area contributed by atoms with Crippen molar-refractivity contribution in [2.24, 2.45) is 5.92 Å². The van der Waals surface area contributed by atoms with Crippen LogP contribution in [0.4, 0.5) is 5.69 Å². The monoisotopic (exact) mass is 588 g/mol. The number of para-hydroxylation sites is 1. The number of nitrogens with one attached hydrogen (secondary N) is 1. The van der Waals surface area contributed by atoms with Crippen molar-refractivity contribution in [3.8, 4) is 5.75 Å². The molecule has 0 aromatic heterocycles. The van der Waals surface area contributed by atoms with Crippen molar-refractivity contribution in [3.05, 3.63) is 136 Å². The lowest BCUT2D eigenvalue weighted by atomic mass is 9.62. The molecule has 7 rings (SSSR count). The van der Waals surface area contributed by atoms with Crippen LogP contribution in [0.25, 0.3) is 6.08 Å². The summed E-state index contributed by atoms with van der Waals surface area (Å²) in [6, 6.07) is 26.3. The predicted octanol–water partition coefficient (Wildman–Crippen LogP) is 6.25. The second-order valence-electron chi connectivity index (χ2n) is 10.9. The Kier molecular flexibility index (Phi) is 6.29. The Morgan fingerprint density at radius 3 is 2.33 bits per heavy atom. The van der Waals surface area contributed by atoms with E-state index in [-0.39, 0.29) is 22.3 Å². The van der Waals surface area contributed by atoms with Crippen LogP contribution in [0.5, 0.6) is 5.75 Å². The number of anilines is 1. The largest absolute Gasteiger partial charge is 0.427 e. The van der Waals surface area contributed by atoms with Crippen LogP contribution < -0.4 is 10.1 Å². The molecule has 3 aliphatic heterocycles. The highest BCUT2D eigenvalue weighted by molar-refractivity contribution is 6.34. The van der Waals surface area contributed by atoms with E-state index in [0.717, 1.165) is 11.1 Å². The van der Waals surface area contributed by atoms with E-state index in [1.54, 1.807) is 48.5 Å². The Bertz CT molecular complexity index is 1870. The van der Waals surface area contributed by atoms with Crippen LogP contribution >= 0.6 is 11.6 Å². The van der Waals surface area contributed by atoms with Crippen molar-refractivity contribution in [1.29, 1.82) is 0 Å². The first-order valence-electron chi connectivity index (χ1n) is 13.9. The fourth-order valence-electron chi connectivity index (χ4n) is 7.02. The summed E-state index contributed by atoms with van der Waals surface area (Å²) >= 11 is 6.59. The van der Waals surface area contributed by atoms with Crippen LogP contribution in [0.3, 0.4) is 0 Å². The Hall–Kier alpha value is -5.01. The zero-order valence-electron chi connectivity index (χ0n) is 23.0. The summed E-state index contributed by atoms with van der Waals surface area (Å²) in [5.74, 6) is -2.41. The summed E-state index contributed by atoms with van der Waals surface area (Å²) in [5.41, 5.74) is 2.11. The normalized spacial score (nSPS) is 22.9. The third-order valence-corrected chi connectivity index (χ3v) is 8.99. The number of hydrogen-bond acceptors (Lipinski definition) is 6. The number of benzene rings is 4. The van der Waals surface area contributed by atoms with Crippen LogP contribution in [0, 0.1) is 5.92 Å². The van der Waals surface area contributed by atoms with E-state index >= 15 is 0 Å². The molecule has 4 aromatic rings. The molecule has 0 aliphatic carbocycles. The second kappa shape index (κ2) is 10.1. The third-order valence-electron chi connectivity index (χ3n) is 8.66. The average molecular weight is 589 g/mol. The van der Waals surface area contributed by atoms with Gasteiger partial charge in [0.25, 0.3) is 0 Å². The highest BCUT2D eigenvalue weighted by Crippen LogP contribution is 2.62. The lowest BCUT2D eigenvalue weighted by Crippen LogP contribution is -2.49. The summed E-state index contributed by atoms with van der Waals surface area (Å²) in [7, 11) is 0. The first-order valence-corrected chi connectivity index (χ1v) is 14.3. The molecule has 1 saturated heterocycles. The maximum Gasteiger partial charge on any atom is 0.308 e. The second-order valence-corrected chi connectivity index (χ2v) is 11.3. The van der Waals surface area contributed by atoms with E-state index < -0.39 is 35.2 Å². The minimum absolute atomic E-state index is 0.242. The molecule has 4 atom stereocenters. The summed E-state index contributed by atoms with van der Waals surface area (Å²) < 4.78 is 5.17. The molecule has 3 aliphatic rings. The molecular formula is C35H25ClN2O5. The standard InChI is InChI=1S/C35H25ClN2O5/c1-20(39)43-23-16-14-22(15-17-23)31(40)30-29(32(41)25-10-4-6-12-27(25)36)35(26-11-5-7-13-28(26)37-34(35)42)33-24-9-3-2-8-21(24)18-19-38(30)33/h2-19,29-30,33H,1H3,(H,37,42)/t29-,30-,33+,35-/m0/s1. The number of halogens is 1. The van der Waals surface area contributed by atoms with Gasteiger partial charge in [0.2, 0.25) is 5.91 Å². The number of carbonyl (C=O) groups excluding carboxylic acids is 4. The molecule has 3 heterocycles. The smallest absolute Gasteiger partial charge is 0.308 e. The first-order chi connectivity index (χ1) is 20.8. The van der Waals surface area contributed by atoms with Gasteiger partial charge in [-0.25, -0.2) is 0 Å². The van der Waals surface area contributed by atoms with E-state index in [0.29, 0.717) is 22.6 Å². The summed E-state index contributed by atoms with van der Waals surface area (Å²) in [6.07, 6.45) is 3.73. The van der Waals surface area contributed by atoms with Crippen molar-refractivity contribution >= 4 is 46.8 Å². The van der Waals surface area contributed by atoms with E-state index in [1.165, 1.54) is 6.92 Å². The van der Waals surface area contributed by atoms with Crippen LogP contribution in [-0.4, -0.2) is 34.4 Å². The number of rotatable bonds is 5. The number of amides is 1. The van der Waals surface area contributed by atoms with Crippen LogP contribution in [0.2, 0.25) is 5.02 Å². The van der Waals surface area contributed by atoms with E-state index in [9.17, 15) is 19.2 Å². The average Bonchev–Trinajstić information content (AvgIpc) is 3.49. The first kappa shape index (κ1) is 26.9. The maximum atomic E-state index is 14.8. The van der Waals surface area contributed by atoms with Crippen molar-refractivity contribution < 1.29 is 23.9 Å². The van der Waals surface area contributed by atoms with Gasteiger partial charge in [-0.15, -0.1) is 0 Å². The molecule has 0 unspecified atom stereocenters. The highest BCUT2D eigenvalue weighted by atomic mass is 35.5. The number of hydrogen-bond donors (Lipinski definition) is 1. The lowest BCUT2D eigenvalue weighted by molar-refractivity contribution is -0.131. The van der Waals surface area contributed by atoms with E-state index in [1.807, 2.05) is 65.7 Å². The fourth-order valence-corrected chi connectivity index (χ4v) is 7.25. The SMILES string of the molecule is CC(=O)Oc1ccc(C(=O)[C@@H]2[C@@H](C(=O)c3ccccc3Cl)[C@]3(C(=O)Nc4ccccc43)[C@H]3c4ccccc4C=CN23)cc1. The van der Waals surface area contributed by atoms with E-state index in [2.05, 4.69) is 5.32 Å². The molecule has 43 heavy (non-hydrogen) atoms. The fraction of sp³-hybridized carbons (Fsp3) is 0.143. The molecule has 1 fully saturated rings. The topological polar surface area (TPSA) is 92.8 Å². The number of Topliss-reactive ketones (excluding diaryl/α,β-unsaturated/α-hetero) is 2. The molecule has 0 saturated carbocycles. The molecule has 212 valence electrons. The molecular weight excluding hydrogens is 564 g/mol. The summed E-state index contributed by atoms with van der Waals surface area (Å²) in [5, 5.41) is 3.28. The maximum absolute atomic E-state index is 14.8. The highest BCUT2D eigenvalue weighted by Gasteiger charge is 2.70. The Morgan fingerprint density at radius 2 is 1.56 bits per heavy atom. The summed E-state index contributed by atoms with van der Waals surface area (Å²) in [6.45, 7) is 1.30. The zero-order chi connectivity index (χ0) is 29.9. The van der Waals surface area contributed by atoms with Crippen LogP contribution in [0.1, 0.15) is 50.4 Å². The van der Waals surface area contributed by atoms with Gasteiger partial charge >= 0.3 is 5.97 Å². The van der Waals surface area contributed by atoms with Gasteiger partial charge in [-0.3, -0.25) is 19.2 Å². The number of fused-ring (bicyclic) bond motifs is 6. The molecule has 4 aromatic carbocycles. The number of ether oxygens (including phenoxy) is 1. The number of nitrogens with zero attached hydrogens (tertiary/aromatic N) is 1. The molecule has 1 spiro atoms. The van der Waals surface area contributed by atoms with Crippen molar-refractivity contribution in [2.75, 3.05) is 5.32 Å². The van der Waals surface area contributed by atoms with Crippen molar-refractivity contribution in [1.82, 2.24) is 4.90 Å². The molecule has 0 bridgehead atoms. The minimum Gasteiger partial charge on any atom is -0.427 e. The van der Waals surface area contributed by atoms with Crippen molar-refractivity contribution in [2.45, 2.75) is 24.4 Å². The third kappa shape index (κ3) is 3.96. The quantitative estimate of drug-likeness (QED) is 0.168. The van der Waals surface area contributed by atoms with Gasteiger partial charge in [-0.05, 0) is 65.2 Å². The zero-order valence-corrected chi connectivity index (χ0v) is 23.7. The number of ketones is 2. The van der Waals surface area contributed by atoms with Crippen LogP contribution in [0.15, 0.2) is 103 Å². The molecule has 7 nitrogen and oxygen atoms in total. The van der Waals surface area contributed by atoms with E-state index in [4.69, 9.17) is 16.3 Å². The molecule has 8 heteroatoms. The minimum atomic E-state index is -1.45. The Labute approximate surface area is 252 Å². The van der Waals surface area contributed by atoms with Gasteiger partial charge in [-0.1, -0.05) is 66.2 Å².